The molecule has 128 valence electrons. The van der Waals surface area contributed by atoms with Crippen molar-refractivity contribution in [2.24, 2.45) is 0 Å². The van der Waals surface area contributed by atoms with Gasteiger partial charge in [0.05, 0.1) is 22.9 Å². The molecule has 0 bridgehead atoms. The van der Waals surface area contributed by atoms with Gasteiger partial charge < -0.3 is 9.88 Å². The molecule has 0 spiro atoms. The summed E-state index contributed by atoms with van der Waals surface area (Å²) in [5.74, 6) is 0. The first-order valence-electron chi connectivity index (χ1n) is 8.10. The molecular weight excluding hydrogens is 308 g/mol. The van der Waals surface area contributed by atoms with Crippen LogP contribution in [-0.4, -0.2) is 29.0 Å². The number of hydrogen-bond donors (Lipinski definition) is 1. The van der Waals surface area contributed by atoms with Gasteiger partial charge >= 0.3 is 0 Å². The Morgan fingerprint density at radius 3 is 2.22 bits per heavy atom. The van der Waals surface area contributed by atoms with Gasteiger partial charge in [0, 0.05) is 20.3 Å². The fraction of sp³-hybridized carbons (Fsp3) is 0.471. The maximum absolute atomic E-state index is 11.7. The highest BCUT2D eigenvalue weighted by atomic mass is 32.1. The molecule has 0 aromatic carbocycles. The number of fused-ring (bicyclic) bond motifs is 3. The first-order valence-corrected chi connectivity index (χ1v) is 8.92. The molecule has 0 saturated heterocycles. The Hall–Kier alpha value is -1.95. The molecule has 0 amide bonds. The Balaban J connectivity index is 0.000000728. The number of thiophene rings is 1. The lowest BCUT2D eigenvalue weighted by atomic mass is 10.2. The number of nitrogens with one attached hydrogen (secondary N) is 1. The van der Waals surface area contributed by atoms with Crippen LogP contribution in [0.15, 0.2) is 23.4 Å². The predicted molar refractivity (Wildman–Crippen MR) is 104 cm³/mol. The van der Waals surface area contributed by atoms with E-state index in [-0.39, 0.29) is 5.56 Å². The zero-order chi connectivity index (χ0) is 18.0. The van der Waals surface area contributed by atoms with Gasteiger partial charge in [-0.1, -0.05) is 41.5 Å². The van der Waals surface area contributed by atoms with Crippen LogP contribution in [0.3, 0.4) is 0 Å². The summed E-state index contributed by atoms with van der Waals surface area (Å²) >= 11 is 1.38. The van der Waals surface area contributed by atoms with Crippen molar-refractivity contribution in [3.63, 3.8) is 0 Å². The second kappa shape index (κ2) is 10.7. The van der Waals surface area contributed by atoms with Gasteiger partial charge in [0.25, 0.3) is 5.56 Å². The molecule has 6 heteroatoms. The standard InChI is InChI=1S/C11H10N4OS.3C2H6/c1-15(2)6-3-4-12-11-7(6)8-9(17-11)10(16)14-5-13-8;3*1-2/h3-5H,1-2H3,(H,13,14,16);3*1-2H3. The van der Waals surface area contributed by atoms with E-state index in [4.69, 9.17) is 0 Å². The second-order valence-electron chi connectivity index (χ2n) is 3.92. The third kappa shape index (κ3) is 4.51. The number of H-pyrrole nitrogens is 1. The molecule has 3 heterocycles. The van der Waals surface area contributed by atoms with Crippen molar-refractivity contribution >= 4 is 37.5 Å². The van der Waals surface area contributed by atoms with Gasteiger partial charge in [-0.05, 0) is 6.07 Å². The lowest BCUT2D eigenvalue weighted by molar-refractivity contribution is 1.14. The molecule has 3 aromatic heterocycles. The van der Waals surface area contributed by atoms with Gasteiger partial charge in [-0.3, -0.25) is 4.79 Å². The second-order valence-corrected chi connectivity index (χ2v) is 4.92. The van der Waals surface area contributed by atoms with E-state index in [0.717, 1.165) is 21.4 Å². The summed E-state index contributed by atoms with van der Waals surface area (Å²) in [5, 5.41) is 0.948. The SMILES string of the molecule is CC.CC.CC.CN(C)c1ccnc2sc3c(=O)[nH]cnc3c12. The molecule has 0 saturated carbocycles. The normalized spacial score (nSPS) is 9.04. The van der Waals surface area contributed by atoms with Crippen LogP contribution in [0.1, 0.15) is 41.5 Å². The summed E-state index contributed by atoms with van der Waals surface area (Å²) in [6.07, 6.45) is 3.19. The smallest absolute Gasteiger partial charge is 0.268 e. The molecule has 3 rings (SSSR count). The van der Waals surface area contributed by atoms with Crippen molar-refractivity contribution in [3.8, 4) is 0 Å². The van der Waals surface area contributed by atoms with E-state index in [2.05, 4.69) is 15.0 Å². The first kappa shape index (κ1) is 21.0. The van der Waals surface area contributed by atoms with E-state index < -0.39 is 0 Å². The number of aromatic amines is 1. The minimum atomic E-state index is -0.109. The molecule has 5 nitrogen and oxygen atoms in total. The summed E-state index contributed by atoms with van der Waals surface area (Å²) in [4.78, 5) is 25.7. The van der Waals surface area contributed by atoms with Crippen LogP contribution in [0.5, 0.6) is 0 Å². The van der Waals surface area contributed by atoms with Crippen LogP contribution < -0.4 is 10.5 Å². The number of anilines is 1. The van der Waals surface area contributed by atoms with Crippen LogP contribution in [0.25, 0.3) is 20.4 Å². The molecule has 3 aromatic rings. The third-order valence-corrected chi connectivity index (χ3v) is 3.71. The average molecular weight is 337 g/mol. The fourth-order valence-electron chi connectivity index (χ4n) is 1.86. The summed E-state index contributed by atoms with van der Waals surface area (Å²) in [7, 11) is 3.93. The van der Waals surface area contributed by atoms with Gasteiger partial charge in [0.1, 0.15) is 9.53 Å². The van der Waals surface area contributed by atoms with E-state index in [9.17, 15) is 4.79 Å². The highest BCUT2D eigenvalue weighted by molar-refractivity contribution is 7.25. The van der Waals surface area contributed by atoms with Crippen molar-refractivity contribution in [2.45, 2.75) is 41.5 Å². The zero-order valence-electron chi connectivity index (χ0n) is 15.4. The maximum Gasteiger partial charge on any atom is 0.268 e. The van der Waals surface area contributed by atoms with Gasteiger partial charge in [0.15, 0.2) is 0 Å². The Bertz CT molecular complexity index is 762. The molecule has 1 N–H and O–H groups in total. The highest BCUT2D eigenvalue weighted by Crippen LogP contribution is 2.34. The van der Waals surface area contributed by atoms with Crippen LogP contribution in [-0.2, 0) is 0 Å². The summed E-state index contributed by atoms with van der Waals surface area (Å²) < 4.78 is 0.629. The van der Waals surface area contributed by atoms with E-state index in [1.165, 1.54) is 17.7 Å². The minimum absolute atomic E-state index is 0.109. The summed E-state index contributed by atoms with van der Waals surface area (Å²) in [5.41, 5.74) is 1.65. The number of rotatable bonds is 1. The average Bonchev–Trinajstić information content (AvgIpc) is 3.00. The number of hydrogen-bond acceptors (Lipinski definition) is 5. The van der Waals surface area contributed by atoms with Crippen molar-refractivity contribution in [3.05, 3.63) is 28.9 Å². The van der Waals surface area contributed by atoms with Gasteiger partial charge in [-0.15, -0.1) is 11.3 Å². The third-order valence-electron chi connectivity index (χ3n) is 2.62. The van der Waals surface area contributed by atoms with Gasteiger partial charge in [-0.2, -0.15) is 0 Å². The molecule has 0 aliphatic carbocycles. The number of nitrogens with zero attached hydrogens (tertiary/aromatic N) is 3. The minimum Gasteiger partial charge on any atom is -0.377 e. The van der Waals surface area contributed by atoms with Gasteiger partial charge in [0.2, 0.25) is 0 Å². The molecule has 0 aliphatic heterocycles. The van der Waals surface area contributed by atoms with Crippen LogP contribution in [0, 0.1) is 0 Å². The number of pyridine rings is 1. The van der Waals surface area contributed by atoms with E-state index in [1.807, 2.05) is 66.6 Å². The van der Waals surface area contributed by atoms with E-state index >= 15 is 0 Å². The van der Waals surface area contributed by atoms with Crippen molar-refractivity contribution in [2.75, 3.05) is 19.0 Å². The Morgan fingerprint density at radius 1 is 1.04 bits per heavy atom. The Morgan fingerprint density at radius 2 is 1.65 bits per heavy atom. The topological polar surface area (TPSA) is 61.9 Å². The molecule has 23 heavy (non-hydrogen) atoms. The quantitative estimate of drug-likeness (QED) is 0.701. The molecule has 0 fully saturated rings. The molecule has 0 aliphatic rings. The van der Waals surface area contributed by atoms with E-state index in [0.29, 0.717) is 4.70 Å². The predicted octanol–water partition coefficient (Wildman–Crippen LogP) is 4.68. The van der Waals surface area contributed by atoms with Crippen molar-refractivity contribution in [1.29, 1.82) is 0 Å². The van der Waals surface area contributed by atoms with Crippen LogP contribution in [0.4, 0.5) is 5.69 Å². The fourth-order valence-corrected chi connectivity index (χ4v) is 2.88. The van der Waals surface area contributed by atoms with E-state index in [1.54, 1.807) is 6.20 Å². The molecule has 0 radical (unpaired) electrons. The number of aromatic nitrogens is 3. The first-order chi connectivity index (χ1) is 11.2. The zero-order valence-corrected chi connectivity index (χ0v) is 16.2. The van der Waals surface area contributed by atoms with Crippen LogP contribution in [0.2, 0.25) is 0 Å². The molecule has 0 unspecified atom stereocenters. The monoisotopic (exact) mass is 336 g/mol. The molecular formula is C17H28N4OS. The lowest BCUT2D eigenvalue weighted by Gasteiger charge is -2.12. The van der Waals surface area contributed by atoms with Crippen molar-refractivity contribution in [1.82, 2.24) is 15.0 Å². The summed E-state index contributed by atoms with van der Waals surface area (Å²) in [6, 6.07) is 1.93. The lowest BCUT2D eigenvalue weighted by Crippen LogP contribution is -2.09. The molecule has 0 atom stereocenters. The van der Waals surface area contributed by atoms with Crippen LogP contribution >= 0.6 is 11.3 Å². The van der Waals surface area contributed by atoms with Crippen molar-refractivity contribution < 1.29 is 0 Å². The highest BCUT2D eigenvalue weighted by Gasteiger charge is 2.14. The Kier molecular flexibility index (Phi) is 9.81. The maximum atomic E-state index is 11.7. The Labute approximate surface area is 142 Å². The largest absolute Gasteiger partial charge is 0.377 e. The summed E-state index contributed by atoms with van der Waals surface area (Å²) in [6.45, 7) is 12.0. The van der Waals surface area contributed by atoms with Gasteiger partial charge in [-0.25, -0.2) is 9.97 Å².